The van der Waals surface area contributed by atoms with Crippen LogP contribution in [0.15, 0.2) is 5.11 Å². The summed E-state index contributed by atoms with van der Waals surface area (Å²) < 4.78 is 11.4. The van der Waals surface area contributed by atoms with Gasteiger partial charge in [-0.25, -0.2) is 0 Å². The smallest absolute Gasteiger partial charge is 0.132 e. The summed E-state index contributed by atoms with van der Waals surface area (Å²) in [7, 11) is 0. The molecule has 19 heavy (non-hydrogen) atoms. The van der Waals surface area contributed by atoms with E-state index >= 15 is 0 Å². The fourth-order valence-corrected chi connectivity index (χ4v) is 3.01. The third-order valence-corrected chi connectivity index (χ3v) is 4.16. The molecular formula is C12H23N3O3S. The Bertz CT molecular complexity index is 313. The normalized spacial score (nSPS) is 34.8. The fraction of sp³-hybridized carbons (Fsp3) is 1.00. The summed E-state index contributed by atoms with van der Waals surface area (Å²) >= 11 is 1.54. The third-order valence-electron chi connectivity index (χ3n) is 3.11. The van der Waals surface area contributed by atoms with Crippen LogP contribution in [0.3, 0.4) is 0 Å². The summed E-state index contributed by atoms with van der Waals surface area (Å²) in [5.74, 6) is 0.850. The lowest BCUT2D eigenvalue weighted by Gasteiger charge is -2.41. The maximum atomic E-state index is 10.3. The van der Waals surface area contributed by atoms with Crippen molar-refractivity contribution >= 4 is 11.8 Å². The van der Waals surface area contributed by atoms with Crippen molar-refractivity contribution in [3.63, 3.8) is 0 Å². The van der Waals surface area contributed by atoms with E-state index < -0.39 is 18.2 Å². The number of nitrogens with zero attached hydrogens (tertiary/aromatic N) is 3. The summed E-state index contributed by atoms with van der Waals surface area (Å²) in [6.07, 6.45) is 0.431. The first kappa shape index (κ1) is 16.6. The largest absolute Gasteiger partial charge is 0.387 e. The van der Waals surface area contributed by atoms with Crippen molar-refractivity contribution in [3.05, 3.63) is 10.4 Å². The SMILES string of the molecule is CCCCOC1[C@H](N=[N+]=[N-])C(C)O[C@H](SCC)[C@@H]1O. The highest BCUT2D eigenvalue weighted by atomic mass is 32.2. The Balaban J connectivity index is 2.76. The zero-order valence-corrected chi connectivity index (χ0v) is 12.5. The number of unbranched alkanes of at least 4 members (excludes halogenated alkanes) is 1. The molecule has 0 spiro atoms. The molecule has 0 aromatic carbocycles. The molecule has 1 fully saturated rings. The highest BCUT2D eigenvalue weighted by Gasteiger charge is 2.43. The Labute approximate surface area is 118 Å². The molecule has 1 N–H and O–H groups in total. The van der Waals surface area contributed by atoms with Crippen molar-refractivity contribution in [3.8, 4) is 0 Å². The summed E-state index contributed by atoms with van der Waals surface area (Å²) in [6, 6.07) is -0.481. The zero-order valence-electron chi connectivity index (χ0n) is 11.7. The monoisotopic (exact) mass is 289 g/mol. The standard InChI is InChI=1S/C12H23N3O3S/c1-4-6-7-17-11-9(14-15-13)8(3)18-12(10(11)16)19-5-2/h8-12,16H,4-7H2,1-3H3/t8?,9-,10-,11?,12-/m1/s1. The Hall–Kier alpha value is -0.460. The average Bonchev–Trinajstić information content (AvgIpc) is 2.39. The van der Waals surface area contributed by atoms with E-state index in [1.807, 2.05) is 13.8 Å². The predicted molar refractivity (Wildman–Crippen MR) is 76.1 cm³/mol. The molecule has 0 bridgehead atoms. The molecule has 1 aliphatic rings. The number of rotatable bonds is 7. The molecule has 1 rings (SSSR count). The molecule has 0 aromatic heterocycles. The van der Waals surface area contributed by atoms with Gasteiger partial charge in [-0.1, -0.05) is 25.4 Å². The Kier molecular flexibility index (Phi) is 7.56. The van der Waals surface area contributed by atoms with E-state index in [9.17, 15) is 5.11 Å². The Morgan fingerprint density at radius 3 is 2.79 bits per heavy atom. The van der Waals surface area contributed by atoms with Gasteiger partial charge < -0.3 is 14.6 Å². The molecule has 6 nitrogen and oxygen atoms in total. The molecule has 1 saturated heterocycles. The van der Waals surface area contributed by atoms with Crippen molar-refractivity contribution in [2.75, 3.05) is 12.4 Å². The number of aliphatic hydroxyl groups excluding tert-OH is 1. The molecule has 0 aromatic rings. The molecular weight excluding hydrogens is 266 g/mol. The van der Waals surface area contributed by atoms with Gasteiger partial charge in [0.05, 0.1) is 18.2 Å². The van der Waals surface area contributed by atoms with Gasteiger partial charge in [-0.3, -0.25) is 0 Å². The van der Waals surface area contributed by atoms with Crippen LogP contribution in [0.5, 0.6) is 0 Å². The maximum Gasteiger partial charge on any atom is 0.132 e. The lowest BCUT2D eigenvalue weighted by Crippen LogP contribution is -2.56. The van der Waals surface area contributed by atoms with Crippen LogP contribution >= 0.6 is 11.8 Å². The first-order chi connectivity index (χ1) is 9.15. The molecule has 0 aliphatic carbocycles. The second-order valence-corrected chi connectivity index (χ2v) is 5.92. The van der Waals surface area contributed by atoms with Crippen LogP contribution in [0.25, 0.3) is 10.4 Å². The Morgan fingerprint density at radius 2 is 2.21 bits per heavy atom. The number of hydrogen-bond donors (Lipinski definition) is 1. The van der Waals surface area contributed by atoms with E-state index in [-0.39, 0.29) is 11.5 Å². The number of thioether (sulfide) groups is 1. The Morgan fingerprint density at radius 1 is 1.47 bits per heavy atom. The van der Waals surface area contributed by atoms with Crippen molar-refractivity contribution < 1.29 is 14.6 Å². The van der Waals surface area contributed by atoms with E-state index in [2.05, 4.69) is 16.9 Å². The summed E-state index contributed by atoms with van der Waals surface area (Å²) in [4.78, 5) is 2.84. The van der Waals surface area contributed by atoms with Gasteiger partial charge in [0.15, 0.2) is 0 Å². The van der Waals surface area contributed by atoms with Gasteiger partial charge in [-0.05, 0) is 24.6 Å². The van der Waals surface area contributed by atoms with Crippen LogP contribution in [0, 0.1) is 0 Å². The number of ether oxygens (including phenoxy) is 2. The summed E-state index contributed by atoms with van der Waals surface area (Å²) in [6.45, 7) is 6.50. The van der Waals surface area contributed by atoms with E-state index in [4.69, 9.17) is 15.0 Å². The average molecular weight is 289 g/mol. The number of aliphatic hydroxyl groups is 1. The van der Waals surface area contributed by atoms with Crippen molar-refractivity contribution in [1.82, 2.24) is 0 Å². The zero-order chi connectivity index (χ0) is 14.3. The van der Waals surface area contributed by atoms with Gasteiger partial charge in [0.25, 0.3) is 0 Å². The van der Waals surface area contributed by atoms with Crippen LogP contribution < -0.4 is 0 Å². The van der Waals surface area contributed by atoms with Crippen LogP contribution in [0.1, 0.15) is 33.6 Å². The molecule has 1 aliphatic heterocycles. The second kappa shape index (κ2) is 8.66. The van der Waals surface area contributed by atoms with Gasteiger partial charge >= 0.3 is 0 Å². The number of hydrogen-bond acceptors (Lipinski definition) is 5. The molecule has 5 atom stereocenters. The highest BCUT2D eigenvalue weighted by Crippen LogP contribution is 2.31. The molecule has 110 valence electrons. The fourth-order valence-electron chi connectivity index (χ4n) is 2.08. The summed E-state index contributed by atoms with van der Waals surface area (Å²) in [5.41, 5.74) is 8.32. The van der Waals surface area contributed by atoms with E-state index in [1.165, 1.54) is 0 Å². The van der Waals surface area contributed by atoms with Crippen LogP contribution in [-0.2, 0) is 9.47 Å². The lowest BCUT2D eigenvalue weighted by molar-refractivity contribution is -0.161. The molecule has 0 saturated carbocycles. The quantitative estimate of drug-likeness (QED) is 0.338. The molecule has 7 heteroatoms. The topological polar surface area (TPSA) is 87.5 Å². The van der Waals surface area contributed by atoms with Crippen LogP contribution in [0.2, 0.25) is 0 Å². The van der Waals surface area contributed by atoms with Crippen molar-refractivity contribution in [1.29, 1.82) is 0 Å². The molecule has 1 heterocycles. The second-order valence-electron chi connectivity index (χ2n) is 4.54. The van der Waals surface area contributed by atoms with Crippen LogP contribution in [0.4, 0.5) is 0 Å². The van der Waals surface area contributed by atoms with E-state index in [1.54, 1.807) is 11.8 Å². The third kappa shape index (κ3) is 4.54. The highest BCUT2D eigenvalue weighted by molar-refractivity contribution is 7.99. The minimum absolute atomic E-state index is 0.255. The first-order valence-electron chi connectivity index (χ1n) is 6.76. The van der Waals surface area contributed by atoms with Gasteiger partial charge in [0.2, 0.25) is 0 Å². The predicted octanol–water partition coefficient (Wildman–Crippen LogP) is 2.71. The first-order valence-corrected chi connectivity index (χ1v) is 7.81. The minimum atomic E-state index is -0.770. The summed E-state index contributed by atoms with van der Waals surface area (Å²) in [5, 5.41) is 14.1. The van der Waals surface area contributed by atoms with Gasteiger partial charge in [-0.15, -0.1) is 11.8 Å². The van der Waals surface area contributed by atoms with Gasteiger partial charge in [-0.2, -0.15) is 0 Å². The lowest BCUT2D eigenvalue weighted by atomic mass is 9.98. The van der Waals surface area contributed by atoms with Crippen molar-refractivity contribution in [2.24, 2.45) is 5.11 Å². The van der Waals surface area contributed by atoms with E-state index in [0.29, 0.717) is 6.61 Å². The van der Waals surface area contributed by atoms with Crippen LogP contribution in [-0.4, -0.2) is 47.3 Å². The molecule has 2 unspecified atom stereocenters. The molecule has 0 amide bonds. The van der Waals surface area contributed by atoms with Gasteiger partial charge in [0.1, 0.15) is 11.5 Å². The van der Waals surface area contributed by atoms with Gasteiger partial charge in [0, 0.05) is 11.5 Å². The van der Waals surface area contributed by atoms with Crippen molar-refractivity contribution in [2.45, 2.75) is 63.4 Å². The number of azide groups is 1. The minimum Gasteiger partial charge on any atom is -0.387 e. The van der Waals surface area contributed by atoms with E-state index in [0.717, 1.165) is 18.6 Å². The maximum absolute atomic E-state index is 10.3. The molecule has 0 radical (unpaired) electrons.